The van der Waals surface area contributed by atoms with Crippen molar-refractivity contribution >= 4 is 47.3 Å². The van der Waals surface area contributed by atoms with E-state index >= 15 is 0 Å². The van der Waals surface area contributed by atoms with Crippen LogP contribution in [0, 0.1) is 0 Å². The Bertz CT molecular complexity index is 2960. The fourth-order valence-electron chi connectivity index (χ4n) is 7.42. The molecule has 0 spiro atoms. The van der Waals surface area contributed by atoms with Crippen LogP contribution in [0.5, 0.6) is 0 Å². The second kappa shape index (κ2) is 13.4. The predicted molar refractivity (Wildman–Crippen MR) is 229 cm³/mol. The average Bonchev–Trinajstić information content (AvgIpc) is 3.60. The van der Waals surface area contributed by atoms with Crippen molar-refractivity contribution in [3.05, 3.63) is 188 Å². The molecule has 4 heteroatoms. The van der Waals surface area contributed by atoms with Crippen LogP contribution in [0.3, 0.4) is 0 Å². The molecule has 0 aliphatic carbocycles. The van der Waals surface area contributed by atoms with E-state index in [2.05, 4.69) is 179 Å². The minimum absolute atomic E-state index is 0.705. The lowest BCUT2D eigenvalue weighted by atomic mass is 9.96. The first-order valence-corrected chi connectivity index (χ1v) is 18.7. The van der Waals surface area contributed by atoms with Gasteiger partial charge in [0, 0.05) is 27.5 Å². The lowest BCUT2D eigenvalue weighted by molar-refractivity contribution is 0.669. The molecule has 2 heterocycles. The highest BCUT2D eigenvalue weighted by Gasteiger charge is 2.13. The first kappa shape index (κ1) is 32.0. The van der Waals surface area contributed by atoms with Gasteiger partial charge in [-0.05, 0) is 79.8 Å². The van der Waals surface area contributed by atoms with Crippen molar-refractivity contribution in [1.82, 2.24) is 9.97 Å². The maximum absolute atomic E-state index is 6.11. The third kappa shape index (κ3) is 5.95. The highest BCUT2D eigenvalue weighted by molar-refractivity contribution is 7.27. The zero-order chi connectivity index (χ0) is 36.0. The highest BCUT2D eigenvalue weighted by atomic mass is 31.0. The molecule has 0 bridgehead atoms. The molecule has 0 saturated heterocycles. The molecule has 0 aliphatic heterocycles. The van der Waals surface area contributed by atoms with Gasteiger partial charge in [0.15, 0.2) is 5.82 Å². The van der Waals surface area contributed by atoms with Crippen molar-refractivity contribution in [2.24, 2.45) is 0 Å². The summed E-state index contributed by atoms with van der Waals surface area (Å²) in [6.45, 7) is 0. The van der Waals surface area contributed by atoms with E-state index in [0.29, 0.717) is 5.82 Å². The van der Waals surface area contributed by atoms with Gasteiger partial charge in [0.1, 0.15) is 11.2 Å². The molecule has 1 atom stereocenters. The molecule has 3 nitrogen and oxygen atoms in total. The van der Waals surface area contributed by atoms with Crippen molar-refractivity contribution in [3.8, 4) is 67.3 Å². The largest absolute Gasteiger partial charge is 0.456 e. The first-order valence-electron chi connectivity index (χ1n) is 18.1. The van der Waals surface area contributed by atoms with E-state index in [1.165, 1.54) is 33.0 Å². The number of aromatic nitrogens is 2. The van der Waals surface area contributed by atoms with Gasteiger partial charge in [-0.3, -0.25) is 0 Å². The van der Waals surface area contributed by atoms with Gasteiger partial charge >= 0.3 is 0 Å². The maximum Gasteiger partial charge on any atom is 0.160 e. The summed E-state index contributed by atoms with van der Waals surface area (Å²) in [4.78, 5) is 10.1. The molecule has 8 aromatic carbocycles. The van der Waals surface area contributed by atoms with E-state index in [4.69, 9.17) is 14.4 Å². The van der Waals surface area contributed by atoms with E-state index in [1.54, 1.807) is 0 Å². The van der Waals surface area contributed by atoms with Gasteiger partial charge in [0.05, 0.1) is 11.4 Å². The van der Waals surface area contributed by atoms with E-state index in [0.717, 1.165) is 66.4 Å². The summed E-state index contributed by atoms with van der Waals surface area (Å²) in [5.41, 5.74) is 13.7. The number of fused-ring (bicyclic) bond motifs is 4. The van der Waals surface area contributed by atoms with Crippen LogP contribution >= 0.6 is 9.24 Å². The molecule has 54 heavy (non-hydrogen) atoms. The number of hydrogen-bond acceptors (Lipinski definition) is 3. The number of furan rings is 1. The number of benzene rings is 8. The van der Waals surface area contributed by atoms with Gasteiger partial charge in [-0.15, -0.1) is 9.24 Å². The molecule has 0 N–H and O–H groups in total. The van der Waals surface area contributed by atoms with Crippen LogP contribution in [-0.2, 0) is 0 Å². The Labute approximate surface area is 315 Å². The van der Waals surface area contributed by atoms with Crippen LogP contribution in [-0.4, -0.2) is 9.97 Å². The predicted octanol–water partition coefficient (Wildman–Crippen LogP) is 13.0. The first-order chi connectivity index (χ1) is 26.6. The van der Waals surface area contributed by atoms with Crippen molar-refractivity contribution in [1.29, 1.82) is 0 Å². The zero-order valence-electron chi connectivity index (χ0n) is 29.3. The standard InChI is InChI=1S/C50H33N2OP/c54-41-26-27-44-45-29-40(25-28-48(45)53-49(44)30-41)34-15-13-32(14-16-34)33-17-21-37(22-18-33)46-31-47(52-50(51-46)39-8-2-1-3-9-39)38-23-19-36(20-24-38)43-12-6-10-35-7-4-5-11-42(35)43/h1-31H,54H2. The Morgan fingerprint density at radius 3 is 1.63 bits per heavy atom. The number of nitrogens with zero attached hydrogens (tertiary/aromatic N) is 2. The molecular weight excluding hydrogens is 676 g/mol. The normalized spacial score (nSPS) is 11.4. The van der Waals surface area contributed by atoms with Crippen LogP contribution in [0.2, 0.25) is 0 Å². The van der Waals surface area contributed by atoms with Crippen LogP contribution in [0.25, 0.3) is 100.0 Å². The molecule has 0 fully saturated rings. The van der Waals surface area contributed by atoms with Crippen LogP contribution in [0.4, 0.5) is 0 Å². The summed E-state index contributed by atoms with van der Waals surface area (Å²) in [7, 11) is 2.74. The average molecular weight is 709 g/mol. The molecule has 2 aromatic heterocycles. The molecule has 0 amide bonds. The third-order valence-corrected chi connectivity index (χ3v) is 10.6. The molecule has 254 valence electrons. The minimum atomic E-state index is 0.705. The third-order valence-electron chi connectivity index (χ3n) is 10.3. The molecule has 10 aromatic rings. The number of hydrogen-bond donors (Lipinski definition) is 0. The maximum atomic E-state index is 6.11. The second-order valence-electron chi connectivity index (χ2n) is 13.7. The Morgan fingerprint density at radius 1 is 0.352 bits per heavy atom. The Balaban J connectivity index is 0.955. The topological polar surface area (TPSA) is 38.9 Å². The molecular formula is C50H33N2OP. The van der Waals surface area contributed by atoms with Gasteiger partial charge in [0.25, 0.3) is 0 Å². The van der Waals surface area contributed by atoms with Gasteiger partial charge in [-0.2, -0.15) is 0 Å². The fraction of sp³-hybridized carbons (Fsp3) is 0. The van der Waals surface area contributed by atoms with Gasteiger partial charge in [-0.1, -0.05) is 158 Å². The van der Waals surface area contributed by atoms with Crippen molar-refractivity contribution in [2.75, 3.05) is 0 Å². The lowest BCUT2D eigenvalue weighted by Crippen LogP contribution is -1.96. The van der Waals surface area contributed by atoms with Crippen LogP contribution in [0.15, 0.2) is 192 Å². The van der Waals surface area contributed by atoms with Crippen molar-refractivity contribution < 1.29 is 4.42 Å². The van der Waals surface area contributed by atoms with E-state index in [1.807, 2.05) is 18.2 Å². The Morgan fingerprint density at radius 2 is 0.926 bits per heavy atom. The monoisotopic (exact) mass is 708 g/mol. The lowest BCUT2D eigenvalue weighted by Gasteiger charge is -2.11. The van der Waals surface area contributed by atoms with E-state index in [-0.39, 0.29) is 0 Å². The quantitative estimate of drug-likeness (QED) is 0.161. The van der Waals surface area contributed by atoms with Gasteiger partial charge in [-0.25, -0.2) is 9.97 Å². The Hall–Kier alpha value is -6.67. The van der Waals surface area contributed by atoms with Gasteiger partial charge in [0.2, 0.25) is 0 Å². The van der Waals surface area contributed by atoms with Crippen LogP contribution in [0.1, 0.15) is 0 Å². The number of rotatable bonds is 6. The summed E-state index contributed by atoms with van der Waals surface area (Å²) in [6.07, 6.45) is 0. The SMILES string of the molecule is Pc1ccc2c(c1)oc1ccc(-c3ccc(-c4ccc(-c5cc(-c6ccc(-c7cccc8ccccc78)cc6)nc(-c6ccccc6)n5)cc4)cc3)cc12. The molecule has 0 saturated carbocycles. The zero-order valence-corrected chi connectivity index (χ0v) is 30.4. The molecule has 1 unspecified atom stereocenters. The molecule has 10 rings (SSSR count). The summed E-state index contributed by atoms with van der Waals surface area (Å²) < 4.78 is 6.11. The summed E-state index contributed by atoms with van der Waals surface area (Å²) >= 11 is 0. The molecule has 0 radical (unpaired) electrons. The van der Waals surface area contributed by atoms with Gasteiger partial charge < -0.3 is 4.42 Å². The molecule has 0 aliphatic rings. The summed E-state index contributed by atoms with van der Waals surface area (Å²) in [5, 5.41) is 5.87. The fourth-order valence-corrected chi connectivity index (χ4v) is 7.67. The second-order valence-corrected chi connectivity index (χ2v) is 14.3. The van der Waals surface area contributed by atoms with Crippen LogP contribution < -0.4 is 5.30 Å². The Kier molecular flexibility index (Phi) is 7.94. The van der Waals surface area contributed by atoms with E-state index in [9.17, 15) is 0 Å². The summed E-state index contributed by atoms with van der Waals surface area (Å²) in [5.74, 6) is 0.705. The smallest absolute Gasteiger partial charge is 0.160 e. The van der Waals surface area contributed by atoms with Crippen molar-refractivity contribution in [2.45, 2.75) is 0 Å². The highest BCUT2D eigenvalue weighted by Crippen LogP contribution is 2.35. The minimum Gasteiger partial charge on any atom is -0.456 e. The van der Waals surface area contributed by atoms with Crippen molar-refractivity contribution in [3.63, 3.8) is 0 Å². The van der Waals surface area contributed by atoms with E-state index < -0.39 is 0 Å². The summed E-state index contributed by atoms with van der Waals surface area (Å²) in [6, 6.07) is 66.2.